The van der Waals surface area contributed by atoms with Crippen LogP contribution in [0.1, 0.15) is 37.8 Å². The van der Waals surface area contributed by atoms with E-state index < -0.39 is 11.0 Å². The normalized spacial score (nSPS) is 24.6. The molecule has 0 bridgehead atoms. The van der Waals surface area contributed by atoms with Crippen LogP contribution in [0, 0.1) is 11.3 Å². The smallest absolute Gasteiger partial charge is 0.110 e. The zero-order chi connectivity index (χ0) is 11.8. The van der Waals surface area contributed by atoms with Crippen molar-refractivity contribution < 1.29 is 5.11 Å². The van der Waals surface area contributed by atoms with E-state index in [4.69, 9.17) is 0 Å². The summed E-state index contributed by atoms with van der Waals surface area (Å²) in [6, 6.07) is 10.4. The molecule has 1 N–H and O–H groups in total. The van der Waals surface area contributed by atoms with Crippen molar-refractivity contribution >= 4 is 0 Å². The third-order valence-electron chi connectivity index (χ3n) is 3.71. The van der Waals surface area contributed by atoms with Crippen molar-refractivity contribution in [3.63, 3.8) is 0 Å². The summed E-state index contributed by atoms with van der Waals surface area (Å²) in [4.78, 5) is 0. The quantitative estimate of drug-likeness (QED) is 0.782. The minimum Gasteiger partial charge on any atom is -0.388 e. The number of hydrogen-bond acceptors (Lipinski definition) is 2. The molecular formula is C14H17NO. The number of aryl methyl sites for hydroxylation is 1. The predicted molar refractivity (Wildman–Crippen MR) is 63.0 cm³/mol. The number of aliphatic hydroxyl groups is 1. The number of nitriles is 1. The first-order chi connectivity index (χ1) is 7.51. The van der Waals surface area contributed by atoms with Gasteiger partial charge in [-0.3, -0.25) is 0 Å². The molecule has 1 unspecified atom stereocenters. The second-order valence-electron chi connectivity index (χ2n) is 5.09. The molecule has 0 amide bonds. The molecule has 0 spiro atoms. The Labute approximate surface area is 96.5 Å². The molecule has 1 atom stereocenters. The van der Waals surface area contributed by atoms with Gasteiger partial charge in [-0.2, -0.15) is 5.26 Å². The lowest BCUT2D eigenvalue weighted by molar-refractivity contribution is 0.0111. The summed E-state index contributed by atoms with van der Waals surface area (Å²) in [6.45, 7) is 3.47. The molecule has 0 heterocycles. The van der Waals surface area contributed by atoms with Crippen LogP contribution in [0.25, 0.3) is 0 Å². The fraction of sp³-hybridized carbons (Fsp3) is 0.500. The van der Waals surface area contributed by atoms with Crippen molar-refractivity contribution in [3.05, 3.63) is 35.4 Å². The minimum atomic E-state index is -1.00. The Morgan fingerprint density at radius 1 is 1.38 bits per heavy atom. The predicted octanol–water partition coefficient (Wildman–Crippen LogP) is 2.56. The van der Waals surface area contributed by atoms with Gasteiger partial charge in [0.2, 0.25) is 0 Å². The molecular weight excluding hydrogens is 198 g/mol. The Morgan fingerprint density at radius 3 is 2.69 bits per heavy atom. The molecule has 2 rings (SSSR count). The molecule has 84 valence electrons. The van der Waals surface area contributed by atoms with Crippen LogP contribution in [0.5, 0.6) is 0 Å². The number of rotatable bonds is 1. The van der Waals surface area contributed by atoms with Crippen molar-refractivity contribution in [2.75, 3.05) is 0 Å². The maximum absolute atomic E-state index is 10.3. The lowest BCUT2D eigenvalue weighted by atomic mass is 9.62. The highest BCUT2D eigenvalue weighted by Crippen LogP contribution is 2.44. The Hall–Kier alpha value is -1.33. The van der Waals surface area contributed by atoms with Gasteiger partial charge in [-0.05, 0) is 44.2 Å². The van der Waals surface area contributed by atoms with Gasteiger partial charge < -0.3 is 5.11 Å². The van der Waals surface area contributed by atoms with Gasteiger partial charge in [-0.1, -0.05) is 24.3 Å². The molecule has 1 aliphatic rings. The number of fused-ring (bicyclic) bond motifs is 1. The Balaban J connectivity index is 2.64. The summed E-state index contributed by atoms with van der Waals surface area (Å²) in [5.74, 6) is 0. The van der Waals surface area contributed by atoms with Gasteiger partial charge in [-0.25, -0.2) is 0 Å². The van der Waals surface area contributed by atoms with Gasteiger partial charge in [0.25, 0.3) is 0 Å². The van der Waals surface area contributed by atoms with E-state index in [0.29, 0.717) is 0 Å². The molecule has 0 aliphatic heterocycles. The zero-order valence-corrected chi connectivity index (χ0v) is 9.83. The van der Waals surface area contributed by atoms with Crippen LogP contribution in [0.4, 0.5) is 0 Å². The first-order valence-corrected chi connectivity index (χ1v) is 5.73. The maximum Gasteiger partial charge on any atom is 0.110 e. The van der Waals surface area contributed by atoms with Crippen LogP contribution >= 0.6 is 0 Å². The van der Waals surface area contributed by atoms with E-state index in [-0.39, 0.29) is 0 Å². The summed E-state index contributed by atoms with van der Waals surface area (Å²) >= 11 is 0. The Bertz CT molecular complexity index is 439. The Kier molecular flexibility index (Phi) is 2.52. The first-order valence-electron chi connectivity index (χ1n) is 5.73. The van der Waals surface area contributed by atoms with Crippen LogP contribution in [-0.4, -0.2) is 10.7 Å². The highest BCUT2D eigenvalue weighted by molar-refractivity contribution is 5.44. The highest BCUT2D eigenvalue weighted by atomic mass is 16.3. The molecule has 0 aromatic heterocycles. The highest BCUT2D eigenvalue weighted by Gasteiger charge is 2.48. The summed E-state index contributed by atoms with van der Waals surface area (Å²) in [5, 5.41) is 19.8. The van der Waals surface area contributed by atoms with Crippen LogP contribution in [-0.2, 0) is 11.8 Å². The fourth-order valence-electron chi connectivity index (χ4n) is 2.72. The molecule has 2 nitrogen and oxygen atoms in total. The first kappa shape index (κ1) is 11.2. The largest absolute Gasteiger partial charge is 0.388 e. The second-order valence-corrected chi connectivity index (χ2v) is 5.09. The lowest BCUT2D eigenvalue weighted by Gasteiger charge is -2.42. The molecule has 2 heteroatoms. The van der Waals surface area contributed by atoms with Crippen molar-refractivity contribution in [2.45, 2.75) is 44.1 Å². The molecule has 0 fully saturated rings. The van der Waals surface area contributed by atoms with Crippen molar-refractivity contribution in [2.24, 2.45) is 0 Å². The van der Waals surface area contributed by atoms with Gasteiger partial charge in [-0.15, -0.1) is 0 Å². The zero-order valence-electron chi connectivity index (χ0n) is 9.83. The molecule has 1 aliphatic carbocycles. The van der Waals surface area contributed by atoms with Crippen LogP contribution < -0.4 is 0 Å². The van der Waals surface area contributed by atoms with Crippen LogP contribution in [0.2, 0.25) is 0 Å². The van der Waals surface area contributed by atoms with Crippen molar-refractivity contribution in [3.8, 4) is 6.07 Å². The number of benzene rings is 1. The summed E-state index contributed by atoms with van der Waals surface area (Å²) in [5.41, 5.74) is 0.466. The molecule has 0 saturated carbocycles. The monoisotopic (exact) mass is 215 g/mol. The molecule has 1 aromatic rings. The van der Waals surface area contributed by atoms with E-state index in [1.165, 1.54) is 5.56 Å². The minimum absolute atomic E-state index is 0.740. The second kappa shape index (κ2) is 3.61. The van der Waals surface area contributed by atoms with E-state index in [9.17, 15) is 10.4 Å². The van der Waals surface area contributed by atoms with E-state index in [2.05, 4.69) is 12.1 Å². The van der Waals surface area contributed by atoms with Gasteiger partial charge in [0.1, 0.15) is 5.41 Å². The van der Waals surface area contributed by atoms with Crippen LogP contribution in [0.15, 0.2) is 24.3 Å². The Morgan fingerprint density at radius 2 is 2.06 bits per heavy atom. The lowest BCUT2D eigenvalue weighted by Crippen LogP contribution is -2.48. The third kappa shape index (κ3) is 1.44. The van der Waals surface area contributed by atoms with Gasteiger partial charge in [0.15, 0.2) is 0 Å². The van der Waals surface area contributed by atoms with Crippen LogP contribution in [0.3, 0.4) is 0 Å². The average molecular weight is 215 g/mol. The topological polar surface area (TPSA) is 44.0 Å². The number of nitrogens with zero attached hydrogens (tertiary/aromatic N) is 1. The molecule has 0 saturated heterocycles. The van der Waals surface area contributed by atoms with Crippen molar-refractivity contribution in [1.82, 2.24) is 0 Å². The fourth-order valence-corrected chi connectivity index (χ4v) is 2.72. The molecule has 16 heavy (non-hydrogen) atoms. The SMILES string of the molecule is CC(C)(O)C1(C#N)CCCc2ccccc21. The van der Waals surface area contributed by atoms with E-state index in [0.717, 1.165) is 24.8 Å². The van der Waals surface area contributed by atoms with E-state index >= 15 is 0 Å². The van der Waals surface area contributed by atoms with Gasteiger partial charge >= 0.3 is 0 Å². The standard InChI is InChI=1S/C14H17NO/c1-13(2,16)14(10-15)9-5-7-11-6-3-4-8-12(11)14/h3-4,6,8,16H,5,7,9H2,1-2H3. The third-order valence-corrected chi connectivity index (χ3v) is 3.71. The maximum atomic E-state index is 10.3. The van der Waals surface area contributed by atoms with E-state index in [1.807, 2.05) is 18.2 Å². The van der Waals surface area contributed by atoms with Gasteiger partial charge in [0, 0.05) is 0 Å². The summed E-state index contributed by atoms with van der Waals surface area (Å²) < 4.78 is 0. The van der Waals surface area contributed by atoms with E-state index in [1.54, 1.807) is 13.8 Å². The molecule has 1 aromatic carbocycles. The molecule has 0 radical (unpaired) electrons. The van der Waals surface area contributed by atoms with Gasteiger partial charge in [0.05, 0.1) is 11.7 Å². The summed E-state index contributed by atoms with van der Waals surface area (Å²) in [7, 11) is 0. The van der Waals surface area contributed by atoms with Crippen molar-refractivity contribution in [1.29, 1.82) is 5.26 Å². The average Bonchev–Trinajstić information content (AvgIpc) is 2.26. The number of hydrogen-bond donors (Lipinski definition) is 1. The summed E-state index contributed by atoms with van der Waals surface area (Å²) in [6.07, 6.45) is 2.72.